The van der Waals surface area contributed by atoms with Crippen LogP contribution in [0, 0.1) is 0 Å². The van der Waals surface area contributed by atoms with Gasteiger partial charge < -0.3 is 10.6 Å². The Bertz CT molecular complexity index is 626. The van der Waals surface area contributed by atoms with Crippen LogP contribution in [-0.4, -0.2) is 7.05 Å². The van der Waals surface area contributed by atoms with E-state index < -0.39 is 0 Å². The molecule has 0 aliphatic rings. The van der Waals surface area contributed by atoms with Gasteiger partial charge in [-0.1, -0.05) is 47.5 Å². The van der Waals surface area contributed by atoms with E-state index in [1.807, 2.05) is 56.4 Å². The summed E-state index contributed by atoms with van der Waals surface area (Å²) in [6.45, 7) is 4.05. The number of anilines is 1. The van der Waals surface area contributed by atoms with Gasteiger partial charge >= 0.3 is 0 Å². The molecule has 0 saturated carbocycles. The third-order valence-corrected chi connectivity index (χ3v) is 4.46. The second kappa shape index (κ2) is 6.69. The van der Waals surface area contributed by atoms with Crippen molar-refractivity contribution in [3.05, 3.63) is 63.6 Å². The molecule has 2 aromatic rings. The van der Waals surface area contributed by atoms with E-state index in [0.717, 1.165) is 21.8 Å². The van der Waals surface area contributed by atoms with Gasteiger partial charge in [0.15, 0.2) is 0 Å². The lowest BCUT2D eigenvalue weighted by atomic mass is 10.0. The maximum Gasteiger partial charge on any atom is 0.0642 e. The van der Waals surface area contributed by atoms with Crippen molar-refractivity contribution in [2.24, 2.45) is 5.73 Å². The van der Waals surface area contributed by atoms with Gasteiger partial charge in [-0.3, -0.25) is 0 Å². The van der Waals surface area contributed by atoms with E-state index in [2.05, 4.69) is 11.8 Å². The Kier molecular flexibility index (Phi) is 5.15. The van der Waals surface area contributed by atoms with E-state index in [4.69, 9.17) is 28.9 Å². The van der Waals surface area contributed by atoms with E-state index in [9.17, 15) is 0 Å². The lowest BCUT2D eigenvalue weighted by molar-refractivity contribution is 0.739. The summed E-state index contributed by atoms with van der Waals surface area (Å²) in [7, 11) is 2.01. The van der Waals surface area contributed by atoms with E-state index in [0.29, 0.717) is 5.02 Å². The molecule has 112 valence electrons. The molecule has 0 heterocycles. The van der Waals surface area contributed by atoms with E-state index >= 15 is 0 Å². The van der Waals surface area contributed by atoms with Gasteiger partial charge in [0.05, 0.1) is 16.8 Å². The molecule has 2 unspecified atom stereocenters. The van der Waals surface area contributed by atoms with Crippen LogP contribution in [0.15, 0.2) is 42.5 Å². The molecule has 4 heteroatoms. The lowest BCUT2D eigenvalue weighted by Gasteiger charge is -2.29. The van der Waals surface area contributed by atoms with Gasteiger partial charge in [-0.05, 0) is 43.2 Å². The molecule has 2 N–H and O–H groups in total. The summed E-state index contributed by atoms with van der Waals surface area (Å²) in [6, 6.07) is 13.9. The number of benzene rings is 2. The average Bonchev–Trinajstić information content (AvgIpc) is 2.46. The summed E-state index contributed by atoms with van der Waals surface area (Å²) in [5, 5.41) is 1.46. The molecule has 0 saturated heterocycles. The molecule has 2 aromatic carbocycles. The Morgan fingerprint density at radius 1 is 1.00 bits per heavy atom. The SMILES string of the molecule is CC(N)c1ccc(N(C)C(C)c2ccccc2Cl)c(Cl)c1. The smallest absolute Gasteiger partial charge is 0.0642 e. The third-order valence-electron chi connectivity index (χ3n) is 3.81. The Labute approximate surface area is 136 Å². The number of nitrogens with zero attached hydrogens (tertiary/aromatic N) is 1. The second-order valence-corrected chi connectivity index (χ2v) is 6.12. The van der Waals surface area contributed by atoms with Gasteiger partial charge in [-0.15, -0.1) is 0 Å². The Hall–Kier alpha value is -1.22. The Morgan fingerprint density at radius 2 is 1.67 bits per heavy atom. The highest BCUT2D eigenvalue weighted by molar-refractivity contribution is 6.33. The summed E-state index contributed by atoms with van der Waals surface area (Å²) in [4.78, 5) is 2.12. The molecule has 0 fully saturated rings. The quantitative estimate of drug-likeness (QED) is 0.837. The van der Waals surface area contributed by atoms with Crippen LogP contribution in [0.4, 0.5) is 5.69 Å². The van der Waals surface area contributed by atoms with Gasteiger partial charge in [-0.2, -0.15) is 0 Å². The molecule has 0 aliphatic carbocycles. The Morgan fingerprint density at radius 3 is 2.24 bits per heavy atom. The van der Waals surface area contributed by atoms with E-state index in [-0.39, 0.29) is 12.1 Å². The molecular formula is C17H20Cl2N2. The third kappa shape index (κ3) is 3.52. The van der Waals surface area contributed by atoms with Crippen molar-refractivity contribution in [2.75, 3.05) is 11.9 Å². The maximum atomic E-state index is 6.41. The van der Waals surface area contributed by atoms with Crippen LogP contribution >= 0.6 is 23.2 Å². The van der Waals surface area contributed by atoms with Crippen molar-refractivity contribution in [3.63, 3.8) is 0 Å². The molecule has 0 amide bonds. The van der Waals surface area contributed by atoms with Crippen molar-refractivity contribution in [2.45, 2.75) is 25.9 Å². The van der Waals surface area contributed by atoms with Crippen LogP contribution in [-0.2, 0) is 0 Å². The minimum absolute atomic E-state index is 0.0251. The second-order valence-electron chi connectivity index (χ2n) is 5.31. The highest BCUT2D eigenvalue weighted by atomic mass is 35.5. The molecule has 0 radical (unpaired) electrons. The first-order valence-corrected chi connectivity index (χ1v) is 7.69. The molecule has 0 spiro atoms. The fraction of sp³-hybridized carbons (Fsp3) is 0.294. The van der Waals surface area contributed by atoms with Crippen LogP contribution in [0.25, 0.3) is 0 Å². The molecular weight excluding hydrogens is 303 g/mol. The lowest BCUT2D eigenvalue weighted by Crippen LogP contribution is -2.22. The minimum atomic E-state index is -0.0251. The van der Waals surface area contributed by atoms with Crippen LogP contribution in [0.3, 0.4) is 0 Å². The van der Waals surface area contributed by atoms with Crippen molar-refractivity contribution in [3.8, 4) is 0 Å². The summed E-state index contributed by atoms with van der Waals surface area (Å²) < 4.78 is 0. The summed E-state index contributed by atoms with van der Waals surface area (Å²) in [6.07, 6.45) is 0. The average molecular weight is 323 g/mol. The zero-order chi connectivity index (χ0) is 15.6. The summed E-state index contributed by atoms with van der Waals surface area (Å²) >= 11 is 12.7. The first-order valence-electron chi connectivity index (χ1n) is 6.94. The molecule has 2 rings (SSSR count). The van der Waals surface area contributed by atoms with Gasteiger partial charge in [0.2, 0.25) is 0 Å². The van der Waals surface area contributed by atoms with E-state index in [1.165, 1.54) is 0 Å². The predicted octanol–water partition coefficient (Wildman–Crippen LogP) is 5.21. The normalized spacial score (nSPS) is 13.8. The zero-order valence-electron chi connectivity index (χ0n) is 12.5. The van der Waals surface area contributed by atoms with E-state index in [1.54, 1.807) is 0 Å². The van der Waals surface area contributed by atoms with Crippen molar-refractivity contribution in [1.82, 2.24) is 0 Å². The minimum Gasteiger partial charge on any atom is -0.367 e. The van der Waals surface area contributed by atoms with Gasteiger partial charge in [-0.25, -0.2) is 0 Å². The summed E-state index contributed by atoms with van der Waals surface area (Å²) in [5.74, 6) is 0. The predicted molar refractivity (Wildman–Crippen MR) is 92.3 cm³/mol. The monoisotopic (exact) mass is 322 g/mol. The molecule has 2 atom stereocenters. The van der Waals surface area contributed by atoms with Crippen molar-refractivity contribution < 1.29 is 0 Å². The number of hydrogen-bond donors (Lipinski definition) is 1. The van der Waals surface area contributed by atoms with Crippen molar-refractivity contribution >= 4 is 28.9 Å². The van der Waals surface area contributed by atoms with Crippen LogP contribution in [0.5, 0.6) is 0 Å². The highest BCUT2D eigenvalue weighted by Crippen LogP contribution is 2.34. The first kappa shape index (κ1) is 16.2. The fourth-order valence-electron chi connectivity index (χ4n) is 2.32. The van der Waals surface area contributed by atoms with Crippen LogP contribution in [0.2, 0.25) is 10.0 Å². The highest BCUT2D eigenvalue weighted by Gasteiger charge is 2.17. The topological polar surface area (TPSA) is 29.3 Å². The molecule has 2 nitrogen and oxygen atoms in total. The number of halogens is 2. The molecule has 0 aromatic heterocycles. The van der Waals surface area contributed by atoms with Gasteiger partial charge in [0, 0.05) is 18.1 Å². The van der Waals surface area contributed by atoms with Gasteiger partial charge in [0.1, 0.15) is 0 Å². The summed E-state index contributed by atoms with van der Waals surface area (Å²) in [5.41, 5.74) is 8.96. The van der Waals surface area contributed by atoms with Crippen LogP contribution in [0.1, 0.15) is 37.1 Å². The van der Waals surface area contributed by atoms with Crippen LogP contribution < -0.4 is 10.6 Å². The maximum absolute atomic E-state index is 6.41. The Balaban J connectivity index is 2.32. The molecule has 0 bridgehead atoms. The fourth-order valence-corrected chi connectivity index (χ4v) is 2.94. The molecule has 21 heavy (non-hydrogen) atoms. The standard InChI is InChI=1S/C17H20Cl2N2/c1-11(20)13-8-9-17(16(19)10-13)21(3)12(2)14-6-4-5-7-15(14)18/h4-12H,20H2,1-3H3. The van der Waals surface area contributed by atoms with Crippen molar-refractivity contribution in [1.29, 1.82) is 0 Å². The number of nitrogens with two attached hydrogens (primary N) is 1. The first-order chi connectivity index (χ1) is 9.91. The molecule has 0 aliphatic heterocycles. The number of hydrogen-bond acceptors (Lipinski definition) is 2. The zero-order valence-corrected chi connectivity index (χ0v) is 14.0. The number of rotatable bonds is 4. The largest absolute Gasteiger partial charge is 0.367 e. The van der Waals surface area contributed by atoms with Gasteiger partial charge in [0.25, 0.3) is 0 Å².